The number of carbonyl (C=O) groups excluding carboxylic acids is 2. The van der Waals surface area contributed by atoms with Crippen molar-refractivity contribution in [2.45, 2.75) is 26.7 Å². The van der Waals surface area contributed by atoms with Gasteiger partial charge >= 0.3 is 5.97 Å². The van der Waals surface area contributed by atoms with Gasteiger partial charge in [0.1, 0.15) is 0 Å². The van der Waals surface area contributed by atoms with Crippen molar-refractivity contribution in [2.75, 3.05) is 11.1 Å². The van der Waals surface area contributed by atoms with Crippen molar-refractivity contribution in [1.82, 2.24) is 5.32 Å². The van der Waals surface area contributed by atoms with Gasteiger partial charge in [-0.05, 0) is 62.0 Å². The highest BCUT2D eigenvalue weighted by Crippen LogP contribution is 2.43. The van der Waals surface area contributed by atoms with Crippen molar-refractivity contribution in [3.63, 3.8) is 0 Å². The van der Waals surface area contributed by atoms with Crippen LogP contribution in [0.3, 0.4) is 0 Å². The topological polar surface area (TPSA) is 119 Å². The normalized spacial score (nSPS) is 15.8. The number of allylic oxidation sites excluding steroid dienone is 3. The zero-order valence-electron chi connectivity index (χ0n) is 17.7. The molecule has 2 aromatic rings. The molecule has 0 saturated carbocycles. The van der Waals surface area contributed by atoms with Crippen molar-refractivity contribution in [2.24, 2.45) is 0 Å². The number of dihydropyridines is 1. The summed E-state index contributed by atoms with van der Waals surface area (Å²) in [5, 5.41) is 27.2. The molecule has 1 atom stereocenters. The average Bonchev–Trinajstić information content (AvgIpc) is 3.17. The van der Waals surface area contributed by atoms with E-state index < -0.39 is 11.9 Å². The molecule has 0 spiro atoms. The lowest BCUT2D eigenvalue weighted by Gasteiger charge is -2.29. The Morgan fingerprint density at radius 2 is 1.91 bits per heavy atom. The lowest BCUT2D eigenvalue weighted by molar-refractivity contribution is -0.114. The molecule has 7 nitrogen and oxygen atoms in total. The summed E-state index contributed by atoms with van der Waals surface area (Å²) in [7, 11) is 0. The molecule has 32 heavy (non-hydrogen) atoms. The molecule has 2 heterocycles. The lowest BCUT2D eigenvalue weighted by atomic mass is 9.84. The number of carboxylic acids is 1. The quantitative estimate of drug-likeness (QED) is 0.552. The number of nitrogens with one attached hydrogen (secondary N) is 2. The van der Waals surface area contributed by atoms with Gasteiger partial charge in [-0.15, -0.1) is 11.3 Å². The van der Waals surface area contributed by atoms with E-state index in [1.54, 1.807) is 6.92 Å². The number of carboxylic acid groups (broad SMARTS) is 1. The minimum Gasteiger partial charge on any atom is -0.478 e. The van der Waals surface area contributed by atoms with Gasteiger partial charge in [0.2, 0.25) is 5.91 Å². The first kappa shape index (κ1) is 23.3. The van der Waals surface area contributed by atoms with Crippen LogP contribution in [0.2, 0.25) is 0 Å². The zero-order chi connectivity index (χ0) is 23.4. The maximum Gasteiger partial charge on any atom is 0.335 e. The Labute approximate surface area is 193 Å². The molecule has 1 aliphatic rings. The number of anilines is 1. The number of aryl methyl sites for hydroxylation is 1. The van der Waals surface area contributed by atoms with E-state index in [4.69, 9.17) is 5.11 Å². The summed E-state index contributed by atoms with van der Waals surface area (Å²) in [6.45, 7) is 5.24. The van der Waals surface area contributed by atoms with Gasteiger partial charge in [0, 0.05) is 21.8 Å². The van der Waals surface area contributed by atoms with Gasteiger partial charge in [0.15, 0.2) is 5.78 Å². The first-order chi connectivity index (χ1) is 15.2. The first-order valence-corrected chi connectivity index (χ1v) is 11.5. The third kappa shape index (κ3) is 4.93. The lowest BCUT2D eigenvalue weighted by Crippen LogP contribution is -2.27. The Kier molecular flexibility index (Phi) is 7.18. The average molecular weight is 468 g/mol. The molecule has 0 aliphatic carbocycles. The van der Waals surface area contributed by atoms with Crippen LogP contribution in [-0.4, -0.2) is 28.5 Å². The molecule has 0 unspecified atom stereocenters. The summed E-state index contributed by atoms with van der Waals surface area (Å²) in [5.41, 5.74) is 3.25. The van der Waals surface area contributed by atoms with Gasteiger partial charge in [0.25, 0.3) is 0 Å². The standard InChI is InChI=1S/C23H21N3O4S2/c1-12-8-9-31-21(12)20-17(10-24)22(25-13(2)19(20)14(3)27)32-11-18(28)26-16-6-4-15(5-7-16)23(29)30/h4-9,20,25H,11H2,1-3H3,(H,26,28)(H,29,30)/t20-/m1/s1. The number of aromatic carboxylic acids is 1. The smallest absolute Gasteiger partial charge is 0.335 e. The number of Topliss-reactive ketones (excluding diaryl/α,β-unsaturated/α-hetero) is 1. The minimum absolute atomic E-state index is 0.0347. The molecule has 9 heteroatoms. The predicted molar refractivity (Wildman–Crippen MR) is 125 cm³/mol. The largest absolute Gasteiger partial charge is 0.478 e. The van der Waals surface area contributed by atoms with Crippen LogP contribution in [0, 0.1) is 18.3 Å². The Morgan fingerprint density at radius 3 is 2.44 bits per heavy atom. The zero-order valence-corrected chi connectivity index (χ0v) is 19.3. The van der Waals surface area contributed by atoms with Crippen molar-refractivity contribution in [3.8, 4) is 6.07 Å². The van der Waals surface area contributed by atoms with Gasteiger partial charge in [-0.3, -0.25) is 9.59 Å². The maximum atomic E-state index is 12.4. The van der Waals surface area contributed by atoms with Crippen LogP contribution < -0.4 is 10.6 Å². The molecule has 0 saturated heterocycles. The number of ketones is 1. The summed E-state index contributed by atoms with van der Waals surface area (Å²) in [6.07, 6.45) is 0. The molecule has 1 amide bonds. The van der Waals surface area contributed by atoms with Gasteiger partial charge in [0.05, 0.1) is 33.9 Å². The molecule has 0 fully saturated rings. The van der Waals surface area contributed by atoms with Gasteiger partial charge < -0.3 is 15.7 Å². The van der Waals surface area contributed by atoms with Crippen LogP contribution in [0.15, 0.2) is 57.6 Å². The van der Waals surface area contributed by atoms with E-state index >= 15 is 0 Å². The number of amides is 1. The fourth-order valence-electron chi connectivity index (χ4n) is 3.47. The van der Waals surface area contributed by atoms with E-state index in [-0.39, 0.29) is 23.0 Å². The van der Waals surface area contributed by atoms with Crippen molar-refractivity contribution < 1.29 is 19.5 Å². The van der Waals surface area contributed by atoms with Crippen LogP contribution in [0.5, 0.6) is 0 Å². The second kappa shape index (κ2) is 9.85. The highest BCUT2D eigenvalue weighted by atomic mass is 32.2. The summed E-state index contributed by atoms with van der Waals surface area (Å²) in [5.74, 6) is -1.87. The summed E-state index contributed by atoms with van der Waals surface area (Å²) in [6, 6.07) is 10.1. The van der Waals surface area contributed by atoms with Crippen LogP contribution in [-0.2, 0) is 9.59 Å². The highest BCUT2D eigenvalue weighted by molar-refractivity contribution is 8.03. The Balaban J connectivity index is 1.81. The van der Waals surface area contributed by atoms with E-state index in [9.17, 15) is 19.6 Å². The number of nitrogens with zero attached hydrogens (tertiary/aromatic N) is 1. The van der Waals surface area contributed by atoms with Crippen LogP contribution in [0.1, 0.15) is 40.6 Å². The second-order valence-corrected chi connectivity index (χ2v) is 9.13. The SMILES string of the molecule is CC(=O)C1=C(C)NC(SCC(=O)Nc2ccc(C(=O)O)cc2)=C(C#N)[C@H]1c1sccc1C. The highest BCUT2D eigenvalue weighted by Gasteiger charge is 2.34. The number of thioether (sulfide) groups is 1. The van der Waals surface area contributed by atoms with E-state index in [0.29, 0.717) is 27.6 Å². The molecule has 1 aromatic carbocycles. The molecule has 164 valence electrons. The van der Waals surface area contributed by atoms with Gasteiger partial charge in [-0.25, -0.2) is 4.79 Å². The van der Waals surface area contributed by atoms with Crippen LogP contribution >= 0.6 is 23.1 Å². The molecule has 3 rings (SSSR count). The summed E-state index contributed by atoms with van der Waals surface area (Å²) in [4.78, 5) is 36.7. The number of rotatable bonds is 7. The van der Waals surface area contributed by atoms with E-state index in [1.807, 2.05) is 18.4 Å². The van der Waals surface area contributed by atoms with Gasteiger partial charge in [-0.1, -0.05) is 11.8 Å². The van der Waals surface area contributed by atoms with Crippen molar-refractivity contribution >= 4 is 46.4 Å². The molecular weight excluding hydrogens is 446 g/mol. The van der Waals surface area contributed by atoms with Crippen LogP contribution in [0.25, 0.3) is 0 Å². The van der Waals surface area contributed by atoms with Crippen molar-refractivity contribution in [3.05, 3.63) is 73.6 Å². The third-order valence-corrected chi connectivity index (χ3v) is 7.05. The van der Waals surface area contributed by atoms with Gasteiger partial charge in [-0.2, -0.15) is 5.26 Å². The van der Waals surface area contributed by atoms with Crippen molar-refractivity contribution in [1.29, 1.82) is 5.26 Å². The predicted octanol–water partition coefficient (Wildman–Crippen LogP) is 4.41. The van der Waals surface area contributed by atoms with E-state index in [1.165, 1.54) is 54.3 Å². The molecule has 1 aromatic heterocycles. The minimum atomic E-state index is -1.04. The van der Waals surface area contributed by atoms with Crippen LogP contribution in [0.4, 0.5) is 5.69 Å². The maximum absolute atomic E-state index is 12.4. The molecule has 0 radical (unpaired) electrons. The number of benzene rings is 1. The number of carbonyl (C=O) groups is 3. The Hall–Kier alpha value is -3.35. The molecule has 3 N–H and O–H groups in total. The summed E-state index contributed by atoms with van der Waals surface area (Å²) >= 11 is 2.69. The number of nitriles is 1. The number of thiophene rings is 1. The summed E-state index contributed by atoms with van der Waals surface area (Å²) < 4.78 is 0. The monoisotopic (exact) mass is 467 g/mol. The Morgan fingerprint density at radius 1 is 1.22 bits per heavy atom. The van der Waals surface area contributed by atoms with E-state index in [2.05, 4.69) is 16.7 Å². The fourth-order valence-corrected chi connectivity index (χ4v) is 5.40. The number of hydrogen-bond acceptors (Lipinski definition) is 7. The molecular formula is C23H21N3O4S2. The Bertz CT molecular complexity index is 1190. The number of hydrogen-bond donors (Lipinski definition) is 3. The molecule has 0 bridgehead atoms. The van der Waals surface area contributed by atoms with E-state index in [0.717, 1.165) is 10.4 Å². The second-order valence-electron chi connectivity index (χ2n) is 7.19. The third-order valence-electron chi connectivity index (χ3n) is 4.95. The first-order valence-electron chi connectivity index (χ1n) is 9.66. The molecule has 1 aliphatic heterocycles. The fraction of sp³-hybridized carbons (Fsp3) is 0.217.